The molecule has 0 aromatic carbocycles. The van der Waals surface area contributed by atoms with Crippen LogP contribution in [0.4, 0.5) is 0 Å². The van der Waals surface area contributed by atoms with E-state index in [9.17, 15) is 0 Å². The predicted molar refractivity (Wildman–Crippen MR) is 70.0 cm³/mol. The molecular weight excluding hydrogens is 232 g/mol. The highest BCUT2D eigenvalue weighted by molar-refractivity contribution is 7.09. The normalized spacial score (nSPS) is 11.2. The van der Waals surface area contributed by atoms with Crippen LogP contribution < -0.4 is 5.32 Å². The van der Waals surface area contributed by atoms with Gasteiger partial charge >= 0.3 is 0 Å². The minimum Gasteiger partial charge on any atom is -0.337 e. The molecule has 0 bridgehead atoms. The number of hydrogen-bond acceptors (Lipinski definition) is 4. The highest BCUT2D eigenvalue weighted by atomic mass is 32.1. The molecule has 0 aliphatic carbocycles. The third-order valence-corrected chi connectivity index (χ3v) is 3.28. The van der Waals surface area contributed by atoms with Crippen LogP contribution in [-0.2, 0) is 19.5 Å². The minimum atomic E-state index is 0.496. The van der Waals surface area contributed by atoms with Crippen LogP contribution in [0.25, 0.3) is 0 Å². The first-order valence-corrected chi connectivity index (χ1v) is 6.74. The van der Waals surface area contributed by atoms with E-state index in [4.69, 9.17) is 0 Å². The second-order valence-electron chi connectivity index (χ2n) is 4.31. The van der Waals surface area contributed by atoms with Crippen molar-refractivity contribution in [3.63, 3.8) is 0 Å². The van der Waals surface area contributed by atoms with Gasteiger partial charge < -0.3 is 9.88 Å². The van der Waals surface area contributed by atoms with Gasteiger partial charge in [0.2, 0.25) is 0 Å². The maximum Gasteiger partial charge on any atom is 0.0950 e. The number of hydrogen-bond donors (Lipinski definition) is 1. The van der Waals surface area contributed by atoms with Crippen LogP contribution >= 0.6 is 11.3 Å². The molecule has 0 saturated heterocycles. The van der Waals surface area contributed by atoms with Gasteiger partial charge in [-0.2, -0.15) is 0 Å². The number of aromatic nitrogens is 3. The Morgan fingerprint density at radius 2 is 2.29 bits per heavy atom. The largest absolute Gasteiger partial charge is 0.337 e. The zero-order chi connectivity index (χ0) is 12.1. The Balaban J connectivity index is 1.81. The van der Waals surface area contributed by atoms with Crippen molar-refractivity contribution < 1.29 is 0 Å². The van der Waals surface area contributed by atoms with Crippen molar-refractivity contribution >= 4 is 11.3 Å². The monoisotopic (exact) mass is 250 g/mol. The van der Waals surface area contributed by atoms with E-state index in [1.807, 2.05) is 17.9 Å². The van der Waals surface area contributed by atoms with Crippen LogP contribution in [0.5, 0.6) is 0 Å². The highest BCUT2D eigenvalue weighted by Gasteiger charge is 2.01. The molecule has 2 aromatic heterocycles. The van der Waals surface area contributed by atoms with Crippen molar-refractivity contribution in [2.45, 2.75) is 39.4 Å². The Morgan fingerprint density at radius 3 is 3.00 bits per heavy atom. The molecule has 0 amide bonds. The van der Waals surface area contributed by atoms with Gasteiger partial charge in [0.1, 0.15) is 0 Å². The van der Waals surface area contributed by atoms with Crippen molar-refractivity contribution in [1.82, 2.24) is 19.9 Å². The molecule has 2 rings (SSSR count). The summed E-state index contributed by atoms with van der Waals surface area (Å²) in [5.74, 6) is 0. The lowest BCUT2D eigenvalue weighted by molar-refractivity contribution is 0.582. The molecule has 17 heavy (non-hydrogen) atoms. The van der Waals surface area contributed by atoms with Crippen molar-refractivity contribution in [3.8, 4) is 0 Å². The maximum atomic E-state index is 4.37. The van der Waals surface area contributed by atoms with Gasteiger partial charge in [-0.1, -0.05) is 13.8 Å². The van der Waals surface area contributed by atoms with E-state index in [0.717, 1.165) is 25.2 Å². The highest BCUT2D eigenvalue weighted by Crippen LogP contribution is 2.06. The summed E-state index contributed by atoms with van der Waals surface area (Å²) in [6.07, 6.45) is 6.82. The molecule has 0 saturated carbocycles. The molecule has 1 N–H and O–H groups in total. The summed E-state index contributed by atoms with van der Waals surface area (Å²) in [7, 11) is 0. The number of nitrogens with one attached hydrogen (secondary N) is 1. The van der Waals surface area contributed by atoms with Crippen LogP contribution in [0, 0.1) is 0 Å². The van der Waals surface area contributed by atoms with E-state index in [1.165, 1.54) is 5.01 Å². The molecule has 0 radical (unpaired) electrons. The molecule has 0 fully saturated rings. The second-order valence-corrected chi connectivity index (χ2v) is 5.29. The van der Waals surface area contributed by atoms with Crippen molar-refractivity contribution in [3.05, 3.63) is 34.8 Å². The van der Waals surface area contributed by atoms with E-state index < -0.39 is 0 Å². The molecular formula is C12H18N4S. The van der Waals surface area contributed by atoms with E-state index >= 15 is 0 Å². The fraction of sp³-hybridized carbons (Fsp3) is 0.500. The van der Waals surface area contributed by atoms with E-state index in [0.29, 0.717) is 6.04 Å². The molecule has 2 heterocycles. The van der Waals surface area contributed by atoms with Crippen LogP contribution in [-0.4, -0.2) is 20.6 Å². The summed E-state index contributed by atoms with van der Waals surface area (Å²) >= 11 is 1.71. The van der Waals surface area contributed by atoms with Gasteiger partial charge in [0.15, 0.2) is 0 Å². The third-order valence-electron chi connectivity index (χ3n) is 2.45. The molecule has 0 aliphatic heterocycles. The predicted octanol–water partition coefficient (Wildman–Crippen LogP) is 2.08. The lowest BCUT2D eigenvalue weighted by atomic mass is 10.3. The van der Waals surface area contributed by atoms with E-state index in [-0.39, 0.29) is 0 Å². The Kier molecular flexibility index (Phi) is 4.28. The Hall–Kier alpha value is -1.20. The first kappa shape index (κ1) is 12.3. The smallest absolute Gasteiger partial charge is 0.0950 e. The summed E-state index contributed by atoms with van der Waals surface area (Å²) < 4.78 is 2.12. The van der Waals surface area contributed by atoms with Crippen LogP contribution in [0.2, 0.25) is 0 Å². The molecule has 0 spiro atoms. The second kappa shape index (κ2) is 5.93. The van der Waals surface area contributed by atoms with Gasteiger partial charge in [-0.15, -0.1) is 11.3 Å². The molecule has 5 heteroatoms. The van der Waals surface area contributed by atoms with Gasteiger partial charge in [-0.25, -0.2) is 9.97 Å². The summed E-state index contributed by atoms with van der Waals surface area (Å²) in [6.45, 7) is 6.06. The number of thiazole rings is 1. The zero-order valence-corrected chi connectivity index (χ0v) is 11.1. The average molecular weight is 250 g/mol. The quantitative estimate of drug-likeness (QED) is 0.853. The topological polar surface area (TPSA) is 42.7 Å². The summed E-state index contributed by atoms with van der Waals surface area (Å²) in [4.78, 5) is 8.64. The molecule has 4 nitrogen and oxygen atoms in total. The van der Waals surface area contributed by atoms with Gasteiger partial charge in [0.05, 0.1) is 17.0 Å². The Bertz CT molecular complexity index is 433. The van der Waals surface area contributed by atoms with Gasteiger partial charge in [-0.05, 0) is 0 Å². The fourth-order valence-electron chi connectivity index (χ4n) is 1.53. The number of imidazole rings is 1. The Labute approximate surface area is 106 Å². The van der Waals surface area contributed by atoms with E-state index in [1.54, 1.807) is 11.3 Å². The first-order chi connectivity index (χ1) is 8.24. The minimum absolute atomic E-state index is 0.496. The summed E-state index contributed by atoms with van der Waals surface area (Å²) in [6, 6.07) is 0.496. The third kappa shape index (κ3) is 3.94. The lowest BCUT2D eigenvalue weighted by Crippen LogP contribution is -2.21. The van der Waals surface area contributed by atoms with Gasteiger partial charge in [0, 0.05) is 43.3 Å². The van der Waals surface area contributed by atoms with Gasteiger partial charge in [-0.3, -0.25) is 0 Å². The van der Waals surface area contributed by atoms with Crippen molar-refractivity contribution in [2.75, 3.05) is 0 Å². The first-order valence-electron chi connectivity index (χ1n) is 5.86. The maximum absolute atomic E-state index is 4.37. The lowest BCUT2D eigenvalue weighted by Gasteiger charge is -2.04. The molecule has 2 aromatic rings. The zero-order valence-electron chi connectivity index (χ0n) is 10.3. The molecule has 0 atom stereocenters. The number of nitrogens with zero attached hydrogens (tertiary/aromatic N) is 3. The van der Waals surface area contributed by atoms with Crippen LogP contribution in [0.15, 0.2) is 24.1 Å². The van der Waals surface area contributed by atoms with E-state index in [2.05, 4.69) is 39.9 Å². The van der Waals surface area contributed by atoms with Crippen molar-refractivity contribution in [2.24, 2.45) is 0 Å². The number of rotatable bonds is 6. The Morgan fingerprint density at radius 1 is 1.41 bits per heavy atom. The van der Waals surface area contributed by atoms with Crippen LogP contribution in [0.3, 0.4) is 0 Å². The molecule has 0 unspecified atom stereocenters. The molecule has 92 valence electrons. The van der Waals surface area contributed by atoms with Crippen molar-refractivity contribution in [1.29, 1.82) is 0 Å². The van der Waals surface area contributed by atoms with Gasteiger partial charge in [0.25, 0.3) is 0 Å². The average Bonchev–Trinajstić information content (AvgIpc) is 2.95. The molecule has 0 aliphatic rings. The standard InChI is InChI=1S/C12H18N4S/c1-10(2)14-7-11-8-16(9-15-11)5-3-12-13-4-6-17-12/h4,6,8-10,14H,3,5,7H2,1-2H3. The fourth-order valence-corrected chi connectivity index (χ4v) is 2.14. The number of aryl methyl sites for hydroxylation is 2. The SMILES string of the molecule is CC(C)NCc1cn(CCc2nccs2)cn1. The summed E-state index contributed by atoms with van der Waals surface area (Å²) in [5.41, 5.74) is 1.10. The van der Waals surface area contributed by atoms with Crippen LogP contribution in [0.1, 0.15) is 24.5 Å². The summed E-state index contributed by atoms with van der Waals surface area (Å²) in [5, 5.41) is 6.55.